The van der Waals surface area contributed by atoms with Crippen LogP contribution < -0.4 is 0 Å². The summed E-state index contributed by atoms with van der Waals surface area (Å²) in [5.74, 6) is -0.800. The minimum Gasteiger partial charge on any atom is -0.481 e. The number of amides is 1. The van der Waals surface area contributed by atoms with Crippen molar-refractivity contribution in [2.75, 3.05) is 13.1 Å². The van der Waals surface area contributed by atoms with Gasteiger partial charge in [0.1, 0.15) is 5.60 Å². The molecule has 0 unspecified atom stereocenters. The Hall–Kier alpha value is -1.56. The normalized spacial score (nSPS) is 17.4. The SMILES string of the molecule is CC(C)(C)OC(=O)N1CCC(Cc2cccc(Br)c2)(C(=O)O)CC1. The molecule has 0 aromatic heterocycles. The number of hydrogen-bond donors (Lipinski definition) is 1. The monoisotopic (exact) mass is 397 g/mol. The van der Waals surface area contributed by atoms with E-state index < -0.39 is 17.0 Å². The fraction of sp³-hybridized carbons (Fsp3) is 0.556. The third-order valence-corrected chi connectivity index (χ3v) is 4.75. The second kappa shape index (κ2) is 7.13. The zero-order valence-corrected chi connectivity index (χ0v) is 15.9. The molecule has 1 heterocycles. The summed E-state index contributed by atoms with van der Waals surface area (Å²) in [6, 6.07) is 7.72. The van der Waals surface area contributed by atoms with E-state index in [1.165, 1.54) is 0 Å². The lowest BCUT2D eigenvalue weighted by molar-refractivity contribution is -0.152. The second-order valence-corrected chi connectivity index (χ2v) is 8.28. The number of carbonyl (C=O) groups is 2. The molecule has 24 heavy (non-hydrogen) atoms. The summed E-state index contributed by atoms with van der Waals surface area (Å²) in [6.07, 6.45) is 0.940. The number of likely N-dealkylation sites (tertiary alicyclic amines) is 1. The molecule has 0 bridgehead atoms. The summed E-state index contributed by atoms with van der Waals surface area (Å²) in [5.41, 5.74) is -0.397. The van der Waals surface area contributed by atoms with Crippen LogP contribution >= 0.6 is 15.9 Å². The fourth-order valence-electron chi connectivity index (χ4n) is 2.95. The number of carboxylic acid groups (broad SMARTS) is 1. The molecular weight excluding hydrogens is 374 g/mol. The molecule has 132 valence electrons. The van der Waals surface area contributed by atoms with Gasteiger partial charge in [-0.15, -0.1) is 0 Å². The molecule has 1 fully saturated rings. The van der Waals surface area contributed by atoms with E-state index in [1.54, 1.807) is 4.90 Å². The third-order valence-electron chi connectivity index (χ3n) is 4.26. The fourth-order valence-corrected chi connectivity index (χ4v) is 3.39. The quantitative estimate of drug-likeness (QED) is 0.833. The number of nitrogens with zero attached hydrogens (tertiary/aromatic N) is 1. The summed E-state index contributed by atoms with van der Waals surface area (Å²) in [6.45, 7) is 6.27. The molecule has 1 aliphatic rings. The van der Waals surface area contributed by atoms with Crippen LogP contribution in [0.15, 0.2) is 28.7 Å². The first-order chi connectivity index (χ1) is 11.1. The lowest BCUT2D eigenvalue weighted by atomic mass is 9.74. The van der Waals surface area contributed by atoms with Gasteiger partial charge in [0.15, 0.2) is 0 Å². The molecule has 1 aromatic carbocycles. The van der Waals surface area contributed by atoms with Crippen molar-refractivity contribution >= 4 is 28.0 Å². The lowest BCUT2D eigenvalue weighted by Crippen LogP contribution is -2.48. The number of carbonyl (C=O) groups excluding carboxylic acids is 1. The van der Waals surface area contributed by atoms with Gasteiger partial charge in [0.25, 0.3) is 0 Å². The predicted molar refractivity (Wildman–Crippen MR) is 95.0 cm³/mol. The maximum atomic E-state index is 12.1. The molecule has 0 saturated carbocycles. The van der Waals surface area contributed by atoms with E-state index in [4.69, 9.17) is 4.74 Å². The Balaban J connectivity index is 2.06. The van der Waals surface area contributed by atoms with E-state index in [-0.39, 0.29) is 6.09 Å². The van der Waals surface area contributed by atoms with Gasteiger partial charge in [-0.1, -0.05) is 28.1 Å². The first-order valence-electron chi connectivity index (χ1n) is 8.07. The highest BCUT2D eigenvalue weighted by atomic mass is 79.9. The number of carboxylic acids is 1. The number of ether oxygens (including phenoxy) is 1. The lowest BCUT2D eigenvalue weighted by Gasteiger charge is -2.39. The molecule has 0 spiro atoms. The highest BCUT2D eigenvalue weighted by Crippen LogP contribution is 2.36. The van der Waals surface area contributed by atoms with Crippen molar-refractivity contribution in [3.63, 3.8) is 0 Å². The summed E-state index contributed by atoms with van der Waals surface area (Å²) >= 11 is 3.42. The van der Waals surface area contributed by atoms with Crippen molar-refractivity contribution < 1.29 is 19.4 Å². The van der Waals surface area contributed by atoms with E-state index in [1.807, 2.05) is 45.0 Å². The van der Waals surface area contributed by atoms with Gasteiger partial charge in [-0.2, -0.15) is 0 Å². The van der Waals surface area contributed by atoms with Crippen molar-refractivity contribution in [2.45, 2.75) is 45.6 Å². The van der Waals surface area contributed by atoms with Gasteiger partial charge in [0.2, 0.25) is 0 Å². The van der Waals surface area contributed by atoms with E-state index >= 15 is 0 Å². The summed E-state index contributed by atoms with van der Waals surface area (Å²) in [4.78, 5) is 25.7. The van der Waals surface area contributed by atoms with Crippen molar-refractivity contribution in [1.82, 2.24) is 4.90 Å². The van der Waals surface area contributed by atoms with Crippen LogP contribution in [0.5, 0.6) is 0 Å². The van der Waals surface area contributed by atoms with Crippen LogP contribution in [0.2, 0.25) is 0 Å². The number of hydrogen-bond acceptors (Lipinski definition) is 3. The molecule has 1 saturated heterocycles. The highest BCUT2D eigenvalue weighted by molar-refractivity contribution is 9.10. The number of aliphatic carboxylic acids is 1. The van der Waals surface area contributed by atoms with Crippen molar-refractivity contribution in [3.05, 3.63) is 34.3 Å². The molecule has 1 aromatic rings. The van der Waals surface area contributed by atoms with Crippen molar-refractivity contribution in [1.29, 1.82) is 0 Å². The Bertz CT molecular complexity index is 616. The van der Waals surface area contributed by atoms with E-state index in [0.717, 1.165) is 10.0 Å². The maximum Gasteiger partial charge on any atom is 0.410 e. The van der Waals surface area contributed by atoms with Crippen LogP contribution in [0.3, 0.4) is 0 Å². The first kappa shape index (κ1) is 18.8. The molecule has 1 N–H and O–H groups in total. The Morgan fingerprint density at radius 2 is 1.92 bits per heavy atom. The Morgan fingerprint density at radius 3 is 2.42 bits per heavy atom. The molecule has 1 aliphatic heterocycles. The van der Waals surface area contributed by atoms with Crippen LogP contribution in [-0.4, -0.2) is 40.8 Å². The number of halogens is 1. The molecule has 6 heteroatoms. The molecule has 0 radical (unpaired) electrons. The van der Waals surface area contributed by atoms with E-state index in [2.05, 4.69) is 15.9 Å². The van der Waals surface area contributed by atoms with Gasteiger partial charge >= 0.3 is 12.1 Å². The van der Waals surface area contributed by atoms with E-state index in [0.29, 0.717) is 32.4 Å². The van der Waals surface area contributed by atoms with Gasteiger partial charge < -0.3 is 14.7 Å². The second-order valence-electron chi connectivity index (χ2n) is 7.36. The zero-order valence-electron chi connectivity index (χ0n) is 14.3. The van der Waals surface area contributed by atoms with Crippen LogP contribution in [0, 0.1) is 5.41 Å². The molecule has 0 aliphatic carbocycles. The average Bonchev–Trinajstić information content (AvgIpc) is 2.46. The number of benzene rings is 1. The number of rotatable bonds is 3. The first-order valence-corrected chi connectivity index (χ1v) is 8.86. The van der Waals surface area contributed by atoms with E-state index in [9.17, 15) is 14.7 Å². The van der Waals surface area contributed by atoms with Crippen molar-refractivity contribution in [3.8, 4) is 0 Å². The molecule has 5 nitrogen and oxygen atoms in total. The Morgan fingerprint density at radius 1 is 1.29 bits per heavy atom. The van der Waals surface area contributed by atoms with Gasteiger partial charge in [-0.05, 0) is 57.7 Å². The smallest absolute Gasteiger partial charge is 0.410 e. The van der Waals surface area contributed by atoms with Crippen molar-refractivity contribution in [2.24, 2.45) is 5.41 Å². The van der Waals surface area contributed by atoms with Crippen LogP contribution in [0.1, 0.15) is 39.2 Å². The van der Waals surface area contributed by atoms with Gasteiger partial charge in [0.05, 0.1) is 5.41 Å². The van der Waals surface area contributed by atoms with Gasteiger partial charge in [-0.25, -0.2) is 4.79 Å². The number of piperidine rings is 1. The van der Waals surface area contributed by atoms with Gasteiger partial charge in [0, 0.05) is 17.6 Å². The van der Waals surface area contributed by atoms with Gasteiger partial charge in [-0.3, -0.25) is 4.79 Å². The topological polar surface area (TPSA) is 66.8 Å². The van der Waals surface area contributed by atoms with Crippen LogP contribution in [0.25, 0.3) is 0 Å². The third kappa shape index (κ3) is 4.72. The van der Waals surface area contributed by atoms with Crippen LogP contribution in [-0.2, 0) is 16.0 Å². The molecule has 2 rings (SSSR count). The average molecular weight is 398 g/mol. The zero-order chi connectivity index (χ0) is 18.0. The summed E-state index contributed by atoms with van der Waals surface area (Å²) in [5, 5.41) is 9.78. The highest BCUT2D eigenvalue weighted by Gasteiger charge is 2.43. The largest absolute Gasteiger partial charge is 0.481 e. The molecule has 1 amide bonds. The Labute approximate surface area is 151 Å². The minimum absolute atomic E-state index is 0.371. The minimum atomic E-state index is -0.834. The molecular formula is C18H24BrNO4. The maximum absolute atomic E-state index is 12.1. The standard InChI is InChI=1S/C18H24BrNO4/c1-17(2,3)24-16(23)20-9-7-18(8-10-20,15(21)22)12-13-5-4-6-14(19)11-13/h4-6,11H,7-10,12H2,1-3H3,(H,21,22). The summed E-state index contributed by atoms with van der Waals surface area (Å²) < 4.78 is 6.31. The predicted octanol–water partition coefficient (Wildman–Crippen LogP) is 4.09. The van der Waals surface area contributed by atoms with Crippen LogP contribution in [0.4, 0.5) is 4.79 Å². The molecule has 0 atom stereocenters. The summed E-state index contributed by atoms with van der Waals surface area (Å²) in [7, 11) is 0. The Kier molecular flexibility index (Phi) is 5.58.